The van der Waals surface area contributed by atoms with E-state index in [0.29, 0.717) is 6.08 Å². The Labute approximate surface area is 116 Å². The molecule has 9 heteroatoms. The lowest BCUT2D eigenvalue weighted by molar-refractivity contribution is -0.138. The summed E-state index contributed by atoms with van der Waals surface area (Å²) < 4.78 is 61.4. The van der Waals surface area contributed by atoms with Crippen molar-refractivity contribution in [2.45, 2.75) is 0 Å². The minimum Gasteiger partial charge on any atom is -0.466 e. The highest BCUT2D eigenvalue weighted by molar-refractivity contribution is 5.98. The van der Waals surface area contributed by atoms with Crippen LogP contribution < -0.4 is 5.32 Å². The molecular formula is C12H9F4NO4. The summed E-state index contributed by atoms with van der Waals surface area (Å²) in [6.45, 7) is 0. The van der Waals surface area contributed by atoms with Crippen LogP contribution in [0.3, 0.4) is 0 Å². The van der Waals surface area contributed by atoms with E-state index >= 15 is 0 Å². The number of carbonyl (C=O) groups is 2. The van der Waals surface area contributed by atoms with E-state index in [1.165, 1.54) is 0 Å². The monoisotopic (exact) mass is 307 g/mol. The molecule has 5 nitrogen and oxygen atoms in total. The number of halogens is 4. The third-order valence-electron chi connectivity index (χ3n) is 2.24. The molecule has 0 amide bonds. The second-order valence-corrected chi connectivity index (χ2v) is 3.54. The van der Waals surface area contributed by atoms with Crippen LogP contribution in [0.5, 0.6) is 0 Å². The van der Waals surface area contributed by atoms with Crippen LogP contribution in [0.2, 0.25) is 0 Å². The summed E-state index contributed by atoms with van der Waals surface area (Å²) in [6.07, 6.45) is 0.507. The van der Waals surface area contributed by atoms with Gasteiger partial charge in [-0.3, -0.25) is 0 Å². The van der Waals surface area contributed by atoms with Crippen molar-refractivity contribution < 1.29 is 36.6 Å². The Bertz CT molecular complexity index is 590. The summed E-state index contributed by atoms with van der Waals surface area (Å²) in [5, 5.41) is 1.77. The van der Waals surface area contributed by atoms with Gasteiger partial charge in [-0.25, -0.2) is 27.2 Å². The molecule has 1 rings (SSSR count). The molecule has 0 aliphatic heterocycles. The zero-order chi connectivity index (χ0) is 16.2. The highest BCUT2D eigenvalue weighted by atomic mass is 19.2. The van der Waals surface area contributed by atoms with Crippen molar-refractivity contribution in [3.63, 3.8) is 0 Å². The third-order valence-corrected chi connectivity index (χ3v) is 2.24. The summed E-state index contributed by atoms with van der Waals surface area (Å²) in [7, 11) is 1.91. The molecule has 21 heavy (non-hydrogen) atoms. The summed E-state index contributed by atoms with van der Waals surface area (Å²) in [4.78, 5) is 22.4. The maximum absolute atomic E-state index is 13.4. The Hall–Kier alpha value is -2.58. The maximum atomic E-state index is 13.4. The minimum atomic E-state index is -1.77. The van der Waals surface area contributed by atoms with Crippen LogP contribution in [0.1, 0.15) is 0 Å². The SMILES string of the molecule is COC(=O)/C=C(/Nc1c(F)c(F)cc(F)c1F)C(=O)OC. The maximum Gasteiger partial charge on any atom is 0.354 e. The molecule has 0 fully saturated rings. The van der Waals surface area contributed by atoms with Gasteiger partial charge in [-0.1, -0.05) is 0 Å². The number of hydrogen-bond acceptors (Lipinski definition) is 5. The number of carbonyl (C=O) groups excluding carboxylic acids is 2. The van der Waals surface area contributed by atoms with Gasteiger partial charge in [0.2, 0.25) is 0 Å². The van der Waals surface area contributed by atoms with Gasteiger partial charge in [-0.05, 0) is 0 Å². The van der Waals surface area contributed by atoms with Crippen molar-refractivity contribution in [1.82, 2.24) is 0 Å². The van der Waals surface area contributed by atoms with Crippen molar-refractivity contribution >= 4 is 17.6 Å². The molecule has 1 aromatic rings. The van der Waals surface area contributed by atoms with Crippen LogP contribution in [0.15, 0.2) is 17.8 Å². The molecule has 0 radical (unpaired) electrons. The van der Waals surface area contributed by atoms with E-state index < -0.39 is 46.6 Å². The molecule has 0 heterocycles. The number of nitrogens with one attached hydrogen (secondary N) is 1. The first-order chi connectivity index (χ1) is 9.81. The fraction of sp³-hybridized carbons (Fsp3) is 0.167. The Morgan fingerprint density at radius 1 is 1.05 bits per heavy atom. The molecule has 0 unspecified atom stereocenters. The second-order valence-electron chi connectivity index (χ2n) is 3.54. The molecule has 0 aliphatic carbocycles. The van der Waals surface area contributed by atoms with Crippen molar-refractivity contribution in [1.29, 1.82) is 0 Å². The summed E-state index contributed by atoms with van der Waals surface area (Å²) in [5.74, 6) is -9.16. The quantitative estimate of drug-likeness (QED) is 0.398. The normalized spacial score (nSPS) is 11.0. The van der Waals surface area contributed by atoms with E-state index in [-0.39, 0.29) is 6.07 Å². The Morgan fingerprint density at radius 3 is 2.00 bits per heavy atom. The lowest BCUT2D eigenvalue weighted by Gasteiger charge is -2.11. The summed E-state index contributed by atoms with van der Waals surface area (Å²) in [6, 6.07) is -0.00230. The molecule has 0 bridgehead atoms. The largest absolute Gasteiger partial charge is 0.466 e. The molecule has 0 saturated carbocycles. The highest BCUT2D eigenvalue weighted by Crippen LogP contribution is 2.25. The molecule has 114 valence electrons. The van der Waals surface area contributed by atoms with Crippen molar-refractivity contribution in [3.8, 4) is 0 Å². The van der Waals surface area contributed by atoms with Crippen LogP contribution in [-0.2, 0) is 19.1 Å². The lowest BCUT2D eigenvalue weighted by Crippen LogP contribution is -2.17. The van der Waals surface area contributed by atoms with Crippen LogP contribution in [0.25, 0.3) is 0 Å². The first-order valence-electron chi connectivity index (χ1n) is 5.29. The number of hydrogen-bond donors (Lipinski definition) is 1. The topological polar surface area (TPSA) is 64.6 Å². The molecule has 0 saturated heterocycles. The van der Waals surface area contributed by atoms with Gasteiger partial charge in [-0.15, -0.1) is 0 Å². The number of benzene rings is 1. The third kappa shape index (κ3) is 3.71. The lowest BCUT2D eigenvalue weighted by atomic mass is 10.2. The number of esters is 2. The van der Waals surface area contributed by atoms with E-state index in [1.807, 2.05) is 0 Å². The first-order valence-corrected chi connectivity index (χ1v) is 5.29. The first kappa shape index (κ1) is 16.5. The number of rotatable bonds is 4. The van der Waals surface area contributed by atoms with Gasteiger partial charge in [-0.2, -0.15) is 0 Å². The number of anilines is 1. The van der Waals surface area contributed by atoms with Crippen molar-refractivity contribution in [2.75, 3.05) is 19.5 Å². The fourth-order valence-electron chi connectivity index (χ4n) is 1.25. The smallest absolute Gasteiger partial charge is 0.354 e. The van der Waals surface area contributed by atoms with E-state index in [9.17, 15) is 27.2 Å². The van der Waals surface area contributed by atoms with Crippen molar-refractivity contribution in [2.24, 2.45) is 0 Å². The zero-order valence-electron chi connectivity index (χ0n) is 10.8. The van der Waals surface area contributed by atoms with E-state index in [4.69, 9.17) is 0 Å². The average molecular weight is 307 g/mol. The van der Waals surface area contributed by atoms with Gasteiger partial charge >= 0.3 is 11.9 Å². The van der Waals surface area contributed by atoms with Gasteiger partial charge in [0.25, 0.3) is 0 Å². The molecule has 1 aromatic carbocycles. The van der Waals surface area contributed by atoms with Gasteiger partial charge in [0, 0.05) is 6.07 Å². The van der Waals surface area contributed by atoms with E-state index in [2.05, 4.69) is 9.47 Å². The predicted molar refractivity (Wildman–Crippen MR) is 62.0 cm³/mol. The number of methoxy groups -OCH3 is 2. The molecule has 0 atom stereocenters. The Kier molecular flexibility index (Phi) is 5.28. The van der Waals surface area contributed by atoms with Gasteiger partial charge in [0.1, 0.15) is 11.4 Å². The standard InChI is InChI=1S/C12H9F4NO4/c1-20-8(18)4-7(12(19)21-2)17-11-9(15)5(13)3-6(14)10(11)16/h3-4,17H,1-2H3/b7-4+. The number of ether oxygens (including phenoxy) is 2. The average Bonchev–Trinajstić information content (AvgIpc) is 2.47. The van der Waals surface area contributed by atoms with Crippen LogP contribution in [0.4, 0.5) is 23.2 Å². The second kappa shape index (κ2) is 6.73. The van der Waals surface area contributed by atoms with E-state index in [1.54, 1.807) is 5.32 Å². The fourth-order valence-corrected chi connectivity index (χ4v) is 1.25. The van der Waals surface area contributed by atoms with Crippen molar-refractivity contribution in [3.05, 3.63) is 41.1 Å². The van der Waals surface area contributed by atoms with Crippen LogP contribution >= 0.6 is 0 Å². The van der Waals surface area contributed by atoms with E-state index in [0.717, 1.165) is 14.2 Å². The van der Waals surface area contributed by atoms with Gasteiger partial charge in [0.05, 0.1) is 20.3 Å². The molecule has 0 aromatic heterocycles. The molecule has 1 N–H and O–H groups in total. The minimum absolute atomic E-state index is 0.00230. The summed E-state index contributed by atoms with van der Waals surface area (Å²) in [5.41, 5.74) is -2.06. The van der Waals surface area contributed by atoms with Gasteiger partial charge < -0.3 is 14.8 Å². The van der Waals surface area contributed by atoms with Crippen LogP contribution in [0, 0.1) is 23.3 Å². The van der Waals surface area contributed by atoms with Crippen LogP contribution in [-0.4, -0.2) is 26.2 Å². The molecule has 0 aliphatic rings. The highest BCUT2D eigenvalue weighted by Gasteiger charge is 2.22. The Morgan fingerprint density at radius 2 is 1.57 bits per heavy atom. The molecular weight excluding hydrogens is 298 g/mol. The Balaban J connectivity index is 3.31. The van der Waals surface area contributed by atoms with Gasteiger partial charge in [0.15, 0.2) is 23.3 Å². The summed E-state index contributed by atoms with van der Waals surface area (Å²) >= 11 is 0. The predicted octanol–water partition coefficient (Wildman–Crippen LogP) is 1.88. The zero-order valence-corrected chi connectivity index (χ0v) is 10.8. The molecule has 0 spiro atoms.